The zero-order valence-electron chi connectivity index (χ0n) is 10.9. The molecule has 5 aliphatic rings. The monoisotopic (exact) mass is 247 g/mol. The lowest BCUT2D eigenvalue weighted by Crippen LogP contribution is -2.63. The van der Waals surface area contributed by atoms with E-state index < -0.39 is 0 Å². The smallest absolute Gasteiger partial charge is 0.230 e. The lowest BCUT2D eigenvalue weighted by Gasteiger charge is -2.61. The van der Waals surface area contributed by atoms with Crippen molar-refractivity contribution >= 4 is 11.7 Å². The van der Waals surface area contributed by atoms with Gasteiger partial charge in [0.05, 0.1) is 6.42 Å². The molecular formula is C15H21NO2. The number of rotatable bonds is 1. The summed E-state index contributed by atoms with van der Waals surface area (Å²) in [5.74, 6) is 2.85. The summed E-state index contributed by atoms with van der Waals surface area (Å²) in [4.78, 5) is 25.7. The summed E-state index contributed by atoms with van der Waals surface area (Å²) in [6, 6.07) is 0. The lowest BCUT2D eigenvalue weighted by atomic mass is 9.52. The van der Waals surface area contributed by atoms with Gasteiger partial charge in [0.2, 0.25) is 5.91 Å². The number of likely N-dealkylation sites (tertiary alicyclic amines) is 1. The molecule has 0 spiro atoms. The summed E-state index contributed by atoms with van der Waals surface area (Å²) < 4.78 is 0. The first-order chi connectivity index (χ1) is 8.64. The molecule has 4 aliphatic carbocycles. The zero-order chi connectivity index (χ0) is 12.3. The number of ketones is 1. The summed E-state index contributed by atoms with van der Waals surface area (Å²) in [6.07, 6.45) is 8.63. The molecule has 1 heterocycles. The quantitative estimate of drug-likeness (QED) is 0.666. The van der Waals surface area contributed by atoms with Crippen molar-refractivity contribution in [1.29, 1.82) is 0 Å². The third-order valence-corrected chi connectivity index (χ3v) is 5.84. The van der Waals surface area contributed by atoms with Gasteiger partial charge in [-0.15, -0.1) is 0 Å². The Kier molecular flexibility index (Phi) is 2.19. The van der Waals surface area contributed by atoms with Crippen LogP contribution >= 0.6 is 0 Å². The Morgan fingerprint density at radius 3 is 2.00 bits per heavy atom. The Morgan fingerprint density at radius 2 is 1.50 bits per heavy atom. The minimum absolute atomic E-state index is 0.119. The highest BCUT2D eigenvalue weighted by atomic mass is 16.2. The molecule has 0 aromatic carbocycles. The summed E-state index contributed by atoms with van der Waals surface area (Å²) in [5, 5.41) is 0. The molecule has 4 saturated carbocycles. The van der Waals surface area contributed by atoms with Gasteiger partial charge in [-0.25, -0.2) is 0 Å². The van der Waals surface area contributed by atoms with Gasteiger partial charge in [-0.3, -0.25) is 9.59 Å². The van der Waals surface area contributed by atoms with Gasteiger partial charge in [-0.2, -0.15) is 0 Å². The Balaban J connectivity index is 1.63. The molecule has 0 N–H and O–H groups in total. The maximum Gasteiger partial charge on any atom is 0.230 e. The largest absolute Gasteiger partial charge is 0.336 e. The topological polar surface area (TPSA) is 37.4 Å². The second-order valence-electron chi connectivity index (χ2n) is 7.15. The average Bonchev–Trinajstić information content (AvgIpc) is 2.26. The molecule has 0 unspecified atom stereocenters. The van der Waals surface area contributed by atoms with Crippen LogP contribution in [0.25, 0.3) is 0 Å². The van der Waals surface area contributed by atoms with Crippen LogP contribution in [0.3, 0.4) is 0 Å². The first kappa shape index (κ1) is 11.0. The molecular weight excluding hydrogens is 226 g/mol. The van der Waals surface area contributed by atoms with E-state index in [1.807, 2.05) is 0 Å². The van der Waals surface area contributed by atoms with Gasteiger partial charge >= 0.3 is 0 Å². The van der Waals surface area contributed by atoms with Gasteiger partial charge in [0.25, 0.3) is 0 Å². The van der Waals surface area contributed by atoms with Crippen LogP contribution in [0.2, 0.25) is 0 Å². The van der Waals surface area contributed by atoms with Crippen molar-refractivity contribution in [3.8, 4) is 0 Å². The number of carbonyl (C=O) groups excluding carboxylic acids is 2. The van der Waals surface area contributed by atoms with E-state index in [1.165, 1.54) is 38.5 Å². The fraction of sp³-hybridized carbons (Fsp3) is 0.867. The van der Waals surface area contributed by atoms with Crippen molar-refractivity contribution in [2.75, 3.05) is 6.54 Å². The molecule has 1 saturated heterocycles. The number of amides is 1. The SMILES string of the molecule is O=C1CCN(C23CC4CC(CC(C4)C2)C3)C(=O)C1. The van der Waals surface area contributed by atoms with Crippen molar-refractivity contribution in [1.82, 2.24) is 4.90 Å². The molecule has 1 amide bonds. The van der Waals surface area contributed by atoms with Crippen LogP contribution in [0, 0.1) is 17.8 Å². The van der Waals surface area contributed by atoms with E-state index in [2.05, 4.69) is 4.90 Å². The Labute approximate surface area is 108 Å². The van der Waals surface area contributed by atoms with Gasteiger partial charge in [0.15, 0.2) is 0 Å². The molecule has 0 aromatic heterocycles. The summed E-state index contributed by atoms with van der Waals surface area (Å²) in [6.45, 7) is 0.698. The van der Waals surface area contributed by atoms with E-state index in [0.29, 0.717) is 13.0 Å². The van der Waals surface area contributed by atoms with Crippen LogP contribution in [0.1, 0.15) is 51.4 Å². The Morgan fingerprint density at radius 1 is 0.944 bits per heavy atom. The van der Waals surface area contributed by atoms with Crippen molar-refractivity contribution in [3.63, 3.8) is 0 Å². The van der Waals surface area contributed by atoms with Crippen molar-refractivity contribution in [2.24, 2.45) is 17.8 Å². The molecule has 0 radical (unpaired) electrons. The van der Waals surface area contributed by atoms with E-state index in [0.717, 1.165) is 17.8 Å². The van der Waals surface area contributed by atoms with Crippen LogP contribution in [0.4, 0.5) is 0 Å². The summed E-state index contributed by atoms with van der Waals surface area (Å²) >= 11 is 0. The highest BCUT2D eigenvalue weighted by molar-refractivity contribution is 6.00. The van der Waals surface area contributed by atoms with E-state index in [1.54, 1.807) is 0 Å². The second kappa shape index (κ2) is 3.58. The van der Waals surface area contributed by atoms with Gasteiger partial charge in [0, 0.05) is 18.5 Å². The Bertz CT molecular complexity index is 379. The minimum atomic E-state index is 0.119. The highest BCUT2D eigenvalue weighted by Crippen LogP contribution is 2.58. The number of carbonyl (C=O) groups is 2. The van der Waals surface area contributed by atoms with Crippen LogP contribution in [-0.4, -0.2) is 28.7 Å². The molecule has 5 fully saturated rings. The van der Waals surface area contributed by atoms with E-state index in [4.69, 9.17) is 0 Å². The molecule has 5 rings (SSSR count). The molecule has 3 nitrogen and oxygen atoms in total. The predicted molar refractivity (Wildman–Crippen MR) is 66.9 cm³/mol. The third kappa shape index (κ3) is 1.49. The molecule has 1 aliphatic heterocycles. The zero-order valence-corrected chi connectivity index (χ0v) is 10.9. The van der Waals surface area contributed by atoms with Gasteiger partial charge < -0.3 is 4.90 Å². The first-order valence-corrected chi connectivity index (χ1v) is 7.47. The lowest BCUT2D eigenvalue weighted by molar-refractivity contribution is -0.156. The molecule has 18 heavy (non-hydrogen) atoms. The second-order valence-corrected chi connectivity index (χ2v) is 7.15. The summed E-state index contributed by atoms with van der Waals surface area (Å²) in [7, 11) is 0. The van der Waals surface area contributed by atoms with E-state index in [9.17, 15) is 9.59 Å². The van der Waals surface area contributed by atoms with E-state index >= 15 is 0 Å². The standard InChI is InChI=1S/C15H21NO2/c17-13-1-2-16(14(18)6-13)15-7-10-3-11(8-15)5-12(4-10)9-15/h10-12H,1-9H2. The fourth-order valence-corrected chi connectivity index (χ4v) is 5.61. The van der Waals surface area contributed by atoms with Gasteiger partial charge in [-0.05, 0) is 56.3 Å². The predicted octanol–water partition coefficient (Wildman–Crippen LogP) is 2.15. The molecule has 0 aromatic rings. The molecule has 4 bridgehead atoms. The fourth-order valence-electron chi connectivity index (χ4n) is 5.61. The minimum Gasteiger partial charge on any atom is -0.336 e. The van der Waals surface area contributed by atoms with Crippen molar-refractivity contribution in [3.05, 3.63) is 0 Å². The maximum absolute atomic E-state index is 12.2. The normalized spacial score (nSPS) is 46.9. The number of piperidine rings is 1. The maximum atomic E-state index is 12.2. The average molecular weight is 247 g/mol. The Hall–Kier alpha value is -0.860. The molecule has 0 atom stereocenters. The van der Waals surface area contributed by atoms with Gasteiger partial charge in [0.1, 0.15) is 5.78 Å². The number of hydrogen-bond acceptors (Lipinski definition) is 2. The van der Waals surface area contributed by atoms with Gasteiger partial charge in [-0.1, -0.05) is 0 Å². The van der Waals surface area contributed by atoms with E-state index in [-0.39, 0.29) is 23.7 Å². The molecule has 98 valence electrons. The first-order valence-electron chi connectivity index (χ1n) is 7.47. The van der Waals surface area contributed by atoms with Crippen LogP contribution in [-0.2, 0) is 9.59 Å². The van der Waals surface area contributed by atoms with Crippen LogP contribution < -0.4 is 0 Å². The molecule has 3 heteroatoms. The van der Waals surface area contributed by atoms with Crippen molar-refractivity contribution in [2.45, 2.75) is 56.9 Å². The third-order valence-electron chi connectivity index (χ3n) is 5.84. The van der Waals surface area contributed by atoms with Crippen molar-refractivity contribution < 1.29 is 9.59 Å². The number of nitrogens with zero attached hydrogens (tertiary/aromatic N) is 1. The highest BCUT2D eigenvalue weighted by Gasteiger charge is 2.55. The number of hydrogen-bond donors (Lipinski definition) is 0. The summed E-state index contributed by atoms with van der Waals surface area (Å²) in [5.41, 5.74) is 0.159. The van der Waals surface area contributed by atoms with Crippen LogP contribution in [0.5, 0.6) is 0 Å². The van der Waals surface area contributed by atoms with Crippen LogP contribution in [0.15, 0.2) is 0 Å². The number of Topliss-reactive ketones (excluding diaryl/α,β-unsaturated/α-hetero) is 1.